The predicted octanol–water partition coefficient (Wildman–Crippen LogP) is 2.62. The molecule has 4 aromatic rings. The first-order valence-electron chi connectivity index (χ1n) is 8.01. The van der Waals surface area contributed by atoms with E-state index < -0.39 is 5.97 Å². The number of nitrogens with zero attached hydrogens (tertiary/aromatic N) is 4. The summed E-state index contributed by atoms with van der Waals surface area (Å²) < 4.78 is 8.58. The van der Waals surface area contributed by atoms with E-state index in [1.165, 1.54) is 21.8 Å². The first-order chi connectivity index (χ1) is 12.4. The number of aryl methyl sites for hydroxylation is 3. The molecule has 0 aliphatic carbocycles. The van der Waals surface area contributed by atoms with Gasteiger partial charge in [0.1, 0.15) is 22.0 Å². The molecule has 0 N–H and O–H groups in total. The number of rotatable bonds is 3. The first kappa shape index (κ1) is 16.5. The summed E-state index contributed by atoms with van der Waals surface area (Å²) >= 11 is 1.33. The smallest absolute Gasteiger partial charge is 0.348 e. The summed E-state index contributed by atoms with van der Waals surface area (Å²) in [5, 5.41) is 5.26. The van der Waals surface area contributed by atoms with Crippen LogP contribution in [0, 0.1) is 13.8 Å². The molecule has 0 aliphatic rings. The minimum absolute atomic E-state index is 0.0517. The van der Waals surface area contributed by atoms with Gasteiger partial charge in [-0.15, -0.1) is 11.3 Å². The standard InChI is InChI=1S/C18H16N4O3S/c1-10-4-5-15-19-12(6-16(23)22(15)8-10)9-25-18(24)14-7-13-11(2)20-21(3)17(13)26-14/h4-8H,9H2,1-3H3. The summed E-state index contributed by atoms with van der Waals surface area (Å²) in [5.41, 5.74) is 2.59. The number of hydrogen-bond acceptors (Lipinski definition) is 6. The zero-order valence-electron chi connectivity index (χ0n) is 14.5. The van der Waals surface area contributed by atoms with Crippen molar-refractivity contribution in [3.63, 3.8) is 0 Å². The monoisotopic (exact) mass is 368 g/mol. The van der Waals surface area contributed by atoms with Gasteiger partial charge in [0.2, 0.25) is 0 Å². The van der Waals surface area contributed by atoms with Gasteiger partial charge in [-0.2, -0.15) is 5.10 Å². The van der Waals surface area contributed by atoms with E-state index >= 15 is 0 Å². The second-order valence-electron chi connectivity index (χ2n) is 6.13. The van der Waals surface area contributed by atoms with Crippen LogP contribution in [0.5, 0.6) is 0 Å². The summed E-state index contributed by atoms with van der Waals surface area (Å²) in [5.74, 6) is -0.434. The fourth-order valence-electron chi connectivity index (χ4n) is 2.85. The van der Waals surface area contributed by atoms with E-state index in [0.29, 0.717) is 16.2 Å². The van der Waals surface area contributed by atoms with Gasteiger partial charge in [-0.25, -0.2) is 9.78 Å². The lowest BCUT2D eigenvalue weighted by Gasteiger charge is -2.06. The molecule has 4 heterocycles. The van der Waals surface area contributed by atoms with E-state index in [0.717, 1.165) is 21.5 Å². The van der Waals surface area contributed by atoms with Crippen LogP contribution in [-0.4, -0.2) is 25.1 Å². The maximum atomic E-state index is 12.3. The largest absolute Gasteiger partial charge is 0.455 e. The van der Waals surface area contributed by atoms with Gasteiger partial charge in [-0.3, -0.25) is 13.9 Å². The average Bonchev–Trinajstić information content (AvgIpc) is 3.15. The van der Waals surface area contributed by atoms with Crippen LogP contribution in [0.2, 0.25) is 0 Å². The van der Waals surface area contributed by atoms with Crippen LogP contribution < -0.4 is 5.56 Å². The zero-order chi connectivity index (χ0) is 18.4. The number of carbonyl (C=O) groups is 1. The summed E-state index contributed by atoms with van der Waals surface area (Å²) in [6, 6.07) is 6.82. The van der Waals surface area contributed by atoms with Crippen molar-refractivity contribution in [3.05, 3.63) is 62.6 Å². The van der Waals surface area contributed by atoms with E-state index in [1.807, 2.05) is 27.0 Å². The van der Waals surface area contributed by atoms with Crippen molar-refractivity contribution >= 4 is 33.2 Å². The second kappa shape index (κ2) is 6.06. The number of hydrogen-bond donors (Lipinski definition) is 0. The average molecular weight is 368 g/mol. The van der Waals surface area contributed by atoms with Crippen LogP contribution in [0.3, 0.4) is 0 Å². The summed E-state index contributed by atoms with van der Waals surface area (Å²) in [4.78, 5) is 30.4. The van der Waals surface area contributed by atoms with E-state index in [-0.39, 0.29) is 12.2 Å². The molecule has 7 nitrogen and oxygen atoms in total. The van der Waals surface area contributed by atoms with Crippen molar-refractivity contribution in [2.75, 3.05) is 0 Å². The molecular formula is C18H16N4O3S. The highest BCUT2D eigenvalue weighted by Gasteiger charge is 2.16. The fourth-order valence-corrected chi connectivity index (χ4v) is 3.87. The predicted molar refractivity (Wildman–Crippen MR) is 98.6 cm³/mol. The highest BCUT2D eigenvalue weighted by molar-refractivity contribution is 7.20. The topological polar surface area (TPSA) is 78.5 Å². The molecule has 0 saturated heterocycles. The Morgan fingerprint density at radius 2 is 2.08 bits per heavy atom. The SMILES string of the molecule is Cc1ccc2nc(COC(=O)c3cc4c(C)nn(C)c4s3)cc(=O)n2c1. The molecule has 4 rings (SSSR count). The Morgan fingerprint density at radius 1 is 1.27 bits per heavy atom. The van der Waals surface area contributed by atoms with E-state index in [1.54, 1.807) is 23.0 Å². The fraction of sp³-hybridized carbons (Fsp3) is 0.222. The maximum absolute atomic E-state index is 12.3. The minimum atomic E-state index is -0.434. The van der Waals surface area contributed by atoms with Crippen molar-refractivity contribution in [1.29, 1.82) is 0 Å². The van der Waals surface area contributed by atoms with Crippen molar-refractivity contribution in [2.45, 2.75) is 20.5 Å². The summed E-state index contributed by atoms with van der Waals surface area (Å²) in [7, 11) is 1.84. The highest BCUT2D eigenvalue weighted by atomic mass is 32.1. The molecule has 0 fully saturated rings. The van der Waals surface area contributed by atoms with Gasteiger partial charge in [0.25, 0.3) is 5.56 Å². The lowest BCUT2D eigenvalue weighted by atomic mass is 10.3. The number of thiophene rings is 1. The zero-order valence-corrected chi connectivity index (χ0v) is 15.3. The molecule has 8 heteroatoms. The number of esters is 1. The van der Waals surface area contributed by atoms with Gasteiger partial charge in [-0.1, -0.05) is 6.07 Å². The lowest BCUT2D eigenvalue weighted by molar-refractivity contribution is 0.0473. The molecular weight excluding hydrogens is 352 g/mol. The molecule has 0 radical (unpaired) electrons. The van der Waals surface area contributed by atoms with Gasteiger partial charge in [-0.05, 0) is 31.5 Å². The Morgan fingerprint density at radius 3 is 2.85 bits per heavy atom. The van der Waals surface area contributed by atoms with Gasteiger partial charge in [0.05, 0.1) is 11.4 Å². The van der Waals surface area contributed by atoms with Crippen LogP contribution >= 0.6 is 11.3 Å². The quantitative estimate of drug-likeness (QED) is 0.520. The van der Waals surface area contributed by atoms with Gasteiger partial charge >= 0.3 is 5.97 Å². The first-order valence-corrected chi connectivity index (χ1v) is 8.83. The molecule has 0 aromatic carbocycles. The van der Waals surface area contributed by atoms with Crippen molar-refractivity contribution in [3.8, 4) is 0 Å². The Hall–Kier alpha value is -3.00. The molecule has 0 unspecified atom stereocenters. The molecule has 4 aromatic heterocycles. The molecule has 0 aliphatic heterocycles. The van der Waals surface area contributed by atoms with Crippen LogP contribution in [0.1, 0.15) is 26.6 Å². The Bertz CT molecular complexity index is 1180. The van der Waals surface area contributed by atoms with Crippen molar-refractivity contribution in [2.24, 2.45) is 7.05 Å². The van der Waals surface area contributed by atoms with E-state index in [9.17, 15) is 9.59 Å². The Kier molecular flexibility index (Phi) is 3.84. The third-order valence-corrected chi connectivity index (χ3v) is 5.29. The van der Waals surface area contributed by atoms with Crippen molar-refractivity contribution < 1.29 is 9.53 Å². The van der Waals surface area contributed by atoms with Crippen LogP contribution in [-0.2, 0) is 18.4 Å². The van der Waals surface area contributed by atoms with Crippen LogP contribution in [0.15, 0.2) is 35.3 Å². The molecule has 0 spiro atoms. The number of ether oxygens (including phenoxy) is 1. The Balaban J connectivity index is 1.57. The van der Waals surface area contributed by atoms with Gasteiger partial charge in [0.15, 0.2) is 0 Å². The molecule has 0 amide bonds. The highest BCUT2D eigenvalue weighted by Crippen LogP contribution is 2.28. The van der Waals surface area contributed by atoms with Crippen LogP contribution in [0.25, 0.3) is 15.9 Å². The third kappa shape index (κ3) is 2.78. The molecule has 0 bridgehead atoms. The Labute approximate surface area is 152 Å². The lowest BCUT2D eigenvalue weighted by Crippen LogP contribution is -2.16. The third-order valence-electron chi connectivity index (χ3n) is 4.11. The summed E-state index contributed by atoms with van der Waals surface area (Å²) in [6.07, 6.45) is 1.73. The molecule has 0 atom stereocenters. The van der Waals surface area contributed by atoms with Gasteiger partial charge in [0, 0.05) is 24.7 Å². The second-order valence-corrected chi connectivity index (χ2v) is 7.17. The molecule has 26 heavy (non-hydrogen) atoms. The maximum Gasteiger partial charge on any atom is 0.348 e. The number of carbonyl (C=O) groups excluding carboxylic acids is 1. The van der Waals surface area contributed by atoms with E-state index in [4.69, 9.17) is 4.74 Å². The number of fused-ring (bicyclic) bond motifs is 2. The summed E-state index contributed by atoms with van der Waals surface area (Å²) in [6.45, 7) is 3.76. The van der Waals surface area contributed by atoms with Gasteiger partial charge < -0.3 is 4.74 Å². The minimum Gasteiger partial charge on any atom is -0.455 e. The molecule has 132 valence electrons. The van der Waals surface area contributed by atoms with Crippen LogP contribution in [0.4, 0.5) is 0 Å². The molecule has 0 saturated carbocycles. The van der Waals surface area contributed by atoms with E-state index in [2.05, 4.69) is 10.1 Å². The number of aromatic nitrogens is 4. The van der Waals surface area contributed by atoms with Crippen molar-refractivity contribution in [1.82, 2.24) is 19.2 Å². The normalized spacial score (nSPS) is 11.3. The number of pyridine rings is 1.